The molecule has 7 heteroatoms. The summed E-state index contributed by atoms with van der Waals surface area (Å²) in [4.78, 5) is 10.0. The van der Waals surface area contributed by atoms with E-state index >= 15 is 0 Å². The number of hydrazone groups is 1. The molecule has 0 fully saturated rings. The van der Waals surface area contributed by atoms with Gasteiger partial charge in [-0.25, -0.2) is 15.0 Å². The minimum Gasteiger partial charge on any atom is -0.454 e. The van der Waals surface area contributed by atoms with Gasteiger partial charge >= 0.3 is 0 Å². The molecule has 37 heavy (non-hydrogen) atoms. The fourth-order valence-electron chi connectivity index (χ4n) is 4.89. The maximum absolute atomic E-state index is 6.37. The highest BCUT2D eigenvalue weighted by Gasteiger charge is 2.33. The molecular weight excluding hydrogens is 484 g/mol. The molecule has 5 aromatic rings. The highest BCUT2D eigenvalue weighted by Crippen LogP contribution is 2.41. The van der Waals surface area contributed by atoms with Crippen molar-refractivity contribution < 1.29 is 9.47 Å². The van der Waals surface area contributed by atoms with Gasteiger partial charge in [-0.3, -0.25) is 0 Å². The number of nitrogens with zero attached hydrogens (tertiary/aromatic N) is 4. The second-order valence-electron chi connectivity index (χ2n) is 8.99. The molecule has 2 aliphatic rings. The smallest absolute Gasteiger partial charge is 0.247 e. The SMILES string of the molecule is Clc1ccc2nc(N3N=C(c4ccccc4)CC3c3ccc4c(c3)OCO4)nc(-c3ccccc3)c2c1. The van der Waals surface area contributed by atoms with E-state index in [1.807, 2.05) is 83.9 Å². The van der Waals surface area contributed by atoms with Gasteiger partial charge in [-0.1, -0.05) is 78.3 Å². The van der Waals surface area contributed by atoms with E-state index < -0.39 is 0 Å². The fraction of sp³-hybridized carbons (Fsp3) is 0.100. The standard InChI is InChI=1S/C30H21ClN4O2/c31-22-12-13-24-23(16-22)29(20-9-5-2-6-10-20)33-30(32-24)35-26(17-25(34-35)19-7-3-1-4-8-19)21-11-14-27-28(15-21)37-18-36-27/h1-16,26H,17-18H2. The molecule has 1 aromatic heterocycles. The third-order valence-electron chi connectivity index (χ3n) is 6.70. The summed E-state index contributed by atoms with van der Waals surface area (Å²) in [5, 5.41) is 8.54. The number of hydrogen-bond donors (Lipinski definition) is 0. The van der Waals surface area contributed by atoms with Crippen LogP contribution in [0.4, 0.5) is 5.95 Å². The molecule has 0 spiro atoms. The van der Waals surface area contributed by atoms with E-state index in [9.17, 15) is 0 Å². The van der Waals surface area contributed by atoms with Crippen molar-refractivity contribution >= 4 is 34.2 Å². The Balaban J connectivity index is 1.41. The minimum atomic E-state index is -0.113. The lowest BCUT2D eigenvalue weighted by atomic mass is 9.98. The first-order chi connectivity index (χ1) is 18.2. The van der Waals surface area contributed by atoms with Gasteiger partial charge in [-0.05, 0) is 41.5 Å². The lowest BCUT2D eigenvalue weighted by Crippen LogP contribution is -2.21. The van der Waals surface area contributed by atoms with Crippen molar-refractivity contribution in [1.29, 1.82) is 0 Å². The summed E-state index contributed by atoms with van der Waals surface area (Å²) in [6, 6.07) is 32.0. The summed E-state index contributed by atoms with van der Waals surface area (Å²) in [5.74, 6) is 2.02. The molecule has 7 rings (SSSR count). The van der Waals surface area contributed by atoms with Crippen LogP contribution in [0.25, 0.3) is 22.2 Å². The van der Waals surface area contributed by atoms with Crippen LogP contribution in [0.2, 0.25) is 5.02 Å². The van der Waals surface area contributed by atoms with E-state index in [4.69, 9.17) is 36.1 Å². The molecule has 0 bridgehead atoms. The quantitative estimate of drug-likeness (QED) is 0.263. The first kappa shape index (κ1) is 21.8. The van der Waals surface area contributed by atoms with E-state index in [0.717, 1.165) is 50.5 Å². The van der Waals surface area contributed by atoms with Crippen LogP contribution in [-0.4, -0.2) is 22.5 Å². The Kier molecular flexibility index (Phi) is 5.26. The van der Waals surface area contributed by atoms with Gasteiger partial charge in [-0.15, -0.1) is 0 Å². The lowest BCUT2D eigenvalue weighted by molar-refractivity contribution is 0.174. The zero-order chi connectivity index (χ0) is 24.8. The molecule has 0 aliphatic carbocycles. The second-order valence-corrected chi connectivity index (χ2v) is 9.43. The molecule has 0 saturated carbocycles. The van der Waals surface area contributed by atoms with Gasteiger partial charge in [0, 0.05) is 22.4 Å². The fourth-order valence-corrected chi connectivity index (χ4v) is 5.06. The topological polar surface area (TPSA) is 59.8 Å². The van der Waals surface area contributed by atoms with Gasteiger partial charge in [0.05, 0.1) is 23.0 Å². The number of ether oxygens (including phenoxy) is 2. The Bertz CT molecular complexity index is 1660. The van der Waals surface area contributed by atoms with Crippen LogP contribution in [0.15, 0.2) is 102 Å². The van der Waals surface area contributed by atoms with Crippen LogP contribution in [0.3, 0.4) is 0 Å². The van der Waals surface area contributed by atoms with Crippen LogP contribution < -0.4 is 14.5 Å². The summed E-state index contributed by atoms with van der Waals surface area (Å²) in [6.45, 7) is 0.232. The summed E-state index contributed by atoms with van der Waals surface area (Å²) >= 11 is 6.37. The number of fused-ring (bicyclic) bond motifs is 2. The highest BCUT2D eigenvalue weighted by atomic mass is 35.5. The minimum absolute atomic E-state index is 0.113. The third-order valence-corrected chi connectivity index (χ3v) is 6.93. The third kappa shape index (κ3) is 3.96. The molecule has 0 radical (unpaired) electrons. The molecule has 1 atom stereocenters. The van der Waals surface area contributed by atoms with E-state index in [1.165, 1.54) is 0 Å². The summed E-state index contributed by atoms with van der Waals surface area (Å²) in [5.41, 5.74) is 5.72. The Morgan fingerprint density at radius 1 is 0.757 bits per heavy atom. The maximum atomic E-state index is 6.37. The summed E-state index contributed by atoms with van der Waals surface area (Å²) < 4.78 is 11.2. The van der Waals surface area contributed by atoms with Crippen molar-refractivity contribution in [3.05, 3.63) is 113 Å². The summed E-state index contributed by atoms with van der Waals surface area (Å²) in [6.07, 6.45) is 0.701. The average Bonchev–Trinajstić information content (AvgIpc) is 3.61. The second kappa shape index (κ2) is 8.91. The molecule has 180 valence electrons. The van der Waals surface area contributed by atoms with Crippen LogP contribution in [0.1, 0.15) is 23.6 Å². The van der Waals surface area contributed by atoms with E-state index in [-0.39, 0.29) is 12.8 Å². The van der Waals surface area contributed by atoms with Crippen LogP contribution in [0, 0.1) is 0 Å². The van der Waals surface area contributed by atoms with E-state index in [0.29, 0.717) is 17.4 Å². The molecule has 2 aliphatic heterocycles. The number of rotatable bonds is 4. The summed E-state index contributed by atoms with van der Waals surface area (Å²) in [7, 11) is 0. The monoisotopic (exact) mass is 504 g/mol. The lowest BCUT2D eigenvalue weighted by Gasteiger charge is -2.23. The van der Waals surface area contributed by atoms with Gasteiger partial charge in [0.25, 0.3) is 0 Å². The number of benzene rings is 4. The zero-order valence-electron chi connectivity index (χ0n) is 19.7. The number of aromatic nitrogens is 2. The van der Waals surface area contributed by atoms with Gasteiger partial charge in [0.2, 0.25) is 12.7 Å². The van der Waals surface area contributed by atoms with Gasteiger partial charge in [0.15, 0.2) is 11.5 Å². The molecule has 3 heterocycles. The number of hydrogen-bond acceptors (Lipinski definition) is 6. The predicted octanol–water partition coefficient (Wildman–Crippen LogP) is 7.03. The van der Waals surface area contributed by atoms with Crippen LogP contribution in [0.5, 0.6) is 11.5 Å². The predicted molar refractivity (Wildman–Crippen MR) is 145 cm³/mol. The normalized spacial score (nSPS) is 16.3. The van der Waals surface area contributed by atoms with Crippen molar-refractivity contribution in [3.63, 3.8) is 0 Å². The van der Waals surface area contributed by atoms with E-state index in [1.54, 1.807) is 0 Å². The van der Waals surface area contributed by atoms with Gasteiger partial charge in [-0.2, -0.15) is 5.10 Å². The molecule has 6 nitrogen and oxygen atoms in total. The Hall–Kier alpha value is -4.42. The molecular formula is C30H21ClN4O2. The first-order valence-electron chi connectivity index (χ1n) is 12.1. The van der Waals surface area contributed by atoms with Crippen LogP contribution in [-0.2, 0) is 0 Å². The molecule has 0 N–H and O–H groups in total. The number of halogens is 1. The largest absolute Gasteiger partial charge is 0.454 e. The maximum Gasteiger partial charge on any atom is 0.247 e. The Labute approximate surface area is 218 Å². The van der Waals surface area contributed by atoms with Crippen molar-refractivity contribution in [2.45, 2.75) is 12.5 Å². The van der Waals surface area contributed by atoms with Crippen molar-refractivity contribution in [2.24, 2.45) is 5.10 Å². The Morgan fingerprint density at radius 2 is 1.51 bits per heavy atom. The molecule has 4 aromatic carbocycles. The molecule has 0 saturated heterocycles. The zero-order valence-corrected chi connectivity index (χ0v) is 20.5. The average molecular weight is 505 g/mol. The molecule has 1 unspecified atom stereocenters. The molecule has 0 amide bonds. The van der Waals surface area contributed by atoms with Crippen molar-refractivity contribution in [3.8, 4) is 22.8 Å². The number of anilines is 1. The first-order valence-corrected chi connectivity index (χ1v) is 12.5. The van der Waals surface area contributed by atoms with Gasteiger partial charge in [0.1, 0.15) is 0 Å². The Morgan fingerprint density at radius 3 is 2.32 bits per heavy atom. The highest BCUT2D eigenvalue weighted by molar-refractivity contribution is 6.31. The van der Waals surface area contributed by atoms with Crippen molar-refractivity contribution in [2.75, 3.05) is 11.8 Å². The van der Waals surface area contributed by atoms with E-state index in [2.05, 4.69) is 18.2 Å². The van der Waals surface area contributed by atoms with Gasteiger partial charge < -0.3 is 9.47 Å². The van der Waals surface area contributed by atoms with Crippen molar-refractivity contribution in [1.82, 2.24) is 9.97 Å². The van der Waals surface area contributed by atoms with Crippen LogP contribution >= 0.6 is 11.6 Å².